The number of thiazole rings is 1. The smallest absolute Gasteiger partial charge is 0.210 e. The van der Waals surface area contributed by atoms with Crippen LogP contribution in [0.5, 0.6) is 5.75 Å². The highest BCUT2D eigenvalue weighted by molar-refractivity contribution is 7.22. The van der Waals surface area contributed by atoms with E-state index in [0.717, 1.165) is 16.0 Å². The lowest BCUT2D eigenvalue weighted by Crippen LogP contribution is -2.26. The molecular weight excluding hydrogens is 312 g/mol. The molecule has 23 heavy (non-hydrogen) atoms. The highest BCUT2D eigenvalue weighted by Gasteiger charge is 2.32. The Balaban J connectivity index is 1.89. The van der Waals surface area contributed by atoms with Gasteiger partial charge in [-0.1, -0.05) is 25.2 Å². The number of carbonyl (C=O) groups is 1. The number of hydrogen-bond acceptors (Lipinski definition) is 6. The van der Waals surface area contributed by atoms with Gasteiger partial charge in [0, 0.05) is 19.1 Å². The number of nitrogens with zero attached hydrogens (tertiary/aromatic N) is 2. The Morgan fingerprint density at radius 3 is 2.87 bits per heavy atom. The summed E-state index contributed by atoms with van der Waals surface area (Å²) in [6, 6.07) is 5.61. The number of benzene rings is 1. The van der Waals surface area contributed by atoms with Crippen molar-refractivity contribution in [2.75, 3.05) is 7.11 Å². The molecule has 1 N–H and O–H groups in total. The third-order valence-electron chi connectivity index (χ3n) is 3.78. The highest BCUT2D eigenvalue weighted by atomic mass is 32.1. The molecule has 0 atom stereocenters. The van der Waals surface area contributed by atoms with Crippen LogP contribution in [-0.2, 0) is 4.79 Å². The van der Waals surface area contributed by atoms with Crippen LogP contribution in [0.3, 0.4) is 0 Å². The van der Waals surface area contributed by atoms with Gasteiger partial charge in [-0.3, -0.25) is 4.79 Å². The molecule has 1 aromatic heterocycles. The molecule has 2 aromatic rings. The van der Waals surface area contributed by atoms with Crippen molar-refractivity contribution in [3.8, 4) is 5.75 Å². The molecule has 0 spiro atoms. The maximum absolute atomic E-state index is 12.2. The van der Waals surface area contributed by atoms with Gasteiger partial charge in [-0.15, -0.1) is 0 Å². The Morgan fingerprint density at radius 2 is 2.17 bits per heavy atom. The highest BCUT2D eigenvalue weighted by Crippen LogP contribution is 2.36. The molecule has 5 nitrogen and oxygen atoms in total. The Kier molecular flexibility index (Phi) is 3.93. The van der Waals surface area contributed by atoms with Gasteiger partial charge >= 0.3 is 0 Å². The molecule has 6 heteroatoms. The predicted octanol–water partition coefficient (Wildman–Crippen LogP) is 4.21. The van der Waals surface area contributed by atoms with E-state index in [-0.39, 0.29) is 17.0 Å². The normalized spacial score (nSPS) is 18.1. The van der Waals surface area contributed by atoms with Crippen molar-refractivity contribution in [1.29, 1.82) is 0 Å². The summed E-state index contributed by atoms with van der Waals surface area (Å²) < 4.78 is 6.15. The predicted molar refractivity (Wildman–Crippen MR) is 92.0 cm³/mol. The van der Waals surface area contributed by atoms with Crippen molar-refractivity contribution in [3.05, 3.63) is 29.5 Å². The third-order valence-corrected chi connectivity index (χ3v) is 4.71. The number of ketones is 1. The second-order valence-electron chi connectivity index (χ2n) is 6.39. The molecule has 0 amide bonds. The SMILES string of the molecule is COc1ccc2nc(/N=C/C3=C(O)CC(C)(C)CC3=O)sc2c1. The van der Waals surface area contributed by atoms with Gasteiger partial charge in [-0.2, -0.15) is 0 Å². The van der Waals surface area contributed by atoms with E-state index in [1.54, 1.807) is 7.11 Å². The minimum Gasteiger partial charge on any atom is -0.511 e. The maximum Gasteiger partial charge on any atom is 0.210 e. The van der Waals surface area contributed by atoms with Crippen LogP contribution in [0.1, 0.15) is 26.7 Å². The Morgan fingerprint density at radius 1 is 1.39 bits per heavy atom. The average molecular weight is 330 g/mol. The van der Waals surface area contributed by atoms with Crippen LogP contribution in [0.2, 0.25) is 0 Å². The van der Waals surface area contributed by atoms with Crippen LogP contribution in [0, 0.1) is 5.41 Å². The number of Topliss-reactive ketones (excluding diaryl/α,β-unsaturated/α-hetero) is 1. The van der Waals surface area contributed by atoms with Gasteiger partial charge in [0.05, 0.1) is 22.9 Å². The van der Waals surface area contributed by atoms with Crippen molar-refractivity contribution in [3.63, 3.8) is 0 Å². The van der Waals surface area contributed by atoms with Gasteiger partial charge in [-0.25, -0.2) is 9.98 Å². The van der Waals surface area contributed by atoms with Crippen molar-refractivity contribution < 1.29 is 14.6 Å². The first-order valence-electron chi connectivity index (χ1n) is 7.32. The quantitative estimate of drug-likeness (QED) is 0.856. The topological polar surface area (TPSA) is 71.8 Å². The minimum absolute atomic E-state index is 0.0784. The lowest BCUT2D eigenvalue weighted by atomic mass is 9.77. The lowest BCUT2D eigenvalue weighted by Gasteiger charge is -2.28. The van der Waals surface area contributed by atoms with Crippen molar-refractivity contribution in [2.24, 2.45) is 10.4 Å². The number of aliphatic hydroxyl groups is 1. The largest absolute Gasteiger partial charge is 0.511 e. The molecule has 1 heterocycles. The van der Waals surface area contributed by atoms with E-state index in [4.69, 9.17) is 4.74 Å². The van der Waals surface area contributed by atoms with Crippen molar-refractivity contribution in [2.45, 2.75) is 26.7 Å². The second kappa shape index (κ2) is 5.77. The number of aliphatic hydroxyl groups excluding tert-OH is 1. The van der Waals surface area contributed by atoms with E-state index in [1.165, 1.54) is 17.6 Å². The first-order chi connectivity index (χ1) is 10.9. The summed E-state index contributed by atoms with van der Waals surface area (Å²) in [6.45, 7) is 3.94. The van der Waals surface area contributed by atoms with Gasteiger partial charge in [0.1, 0.15) is 11.5 Å². The van der Waals surface area contributed by atoms with Crippen molar-refractivity contribution in [1.82, 2.24) is 4.98 Å². The van der Waals surface area contributed by atoms with Gasteiger partial charge in [0.25, 0.3) is 0 Å². The number of carbonyl (C=O) groups excluding carboxylic acids is 1. The van der Waals surface area contributed by atoms with Crippen LogP contribution in [0.15, 0.2) is 34.5 Å². The number of hydrogen-bond donors (Lipinski definition) is 1. The minimum atomic E-state index is -0.203. The van der Waals surface area contributed by atoms with E-state index in [0.29, 0.717) is 23.5 Å². The summed E-state index contributed by atoms with van der Waals surface area (Å²) in [6.07, 6.45) is 2.33. The molecule has 0 saturated heterocycles. The average Bonchev–Trinajstić information content (AvgIpc) is 2.86. The van der Waals surface area contributed by atoms with E-state index < -0.39 is 0 Å². The summed E-state index contributed by atoms with van der Waals surface area (Å²) in [4.78, 5) is 20.8. The van der Waals surface area contributed by atoms with Gasteiger partial charge in [0.2, 0.25) is 5.13 Å². The van der Waals surface area contributed by atoms with E-state index in [1.807, 2.05) is 32.0 Å². The molecular formula is C17H18N2O3S. The Labute approximate surface area is 138 Å². The van der Waals surface area contributed by atoms with Crippen LogP contribution in [0.4, 0.5) is 5.13 Å². The van der Waals surface area contributed by atoms with Gasteiger partial charge < -0.3 is 9.84 Å². The summed E-state index contributed by atoms with van der Waals surface area (Å²) in [5, 5.41) is 10.6. The zero-order chi connectivity index (χ0) is 16.6. The maximum atomic E-state index is 12.2. The van der Waals surface area contributed by atoms with Crippen LogP contribution >= 0.6 is 11.3 Å². The molecule has 0 aliphatic heterocycles. The molecule has 3 rings (SSSR count). The fourth-order valence-corrected chi connectivity index (χ4v) is 3.48. The van der Waals surface area contributed by atoms with Gasteiger partial charge in [-0.05, 0) is 23.6 Å². The number of aliphatic imine (C=N–C) groups is 1. The fraction of sp³-hybridized carbons (Fsp3) is 0.353. The number of rotatable bonds is 3. The van der Waals surface area contributed by atoms with E-state index in [2.05, 4.69) is 9.98 Å². The van der Waals surface area contributed by atoms with Crippen LogP contribution < -0.4 is 4.74 Å². The molecule has 120 valence electrons. The molecule has 0 unspecified atom stereocenters. The molecule has 0 saturated carbocycles. The van der Waals surface area contributed by atoms with Crippen LogP contribution in [0.25, 0.3) is 10.2 Å². The lowest BCUT2D eigenvalue weighted by molar-refractivity contribution is -0.117. The first kappa shape index (κ1) is 15.7. The molecule has 0 radical (unpaired) electrons. The number of fused-ring (bicyclic) bond motifs is 1. The standard InChI is InChI=1S/C17H18N2O3S/c1-17(2)7-13(20)11(14(21)8-17)9-18-16-19-12-5-4-10(22-3)6-15(12)23-16/h4-6,9,20H,7-8H2,1-3H3/b18-9+. The van der Waals surface area contributed by atoms with E-state index in [9.17, 15) is 9.90 Å². The zero-order valence-corrected chi connectivity index (χ0v) is 14.1. The zero-order valence-electron chi connectivity index (χ0n) is 13.3. The second-order valence-corrected chi connectivity index (χ2v) is 7.40. The number of ether oxygens (including phenoxy) is 1. The van der Waals surface area contributed by atoms with Crippen molar-refractivity contribution >= 4 is 38.7 Å². The molecule has 0 fully saturated rings. The number of methoxy groups -OCH3 is 1. The molecule has 1 aromatic carbocycles. The van der Waals surface area contributed by atoms with E-state index >= 15 is 0 Å². The Hall–Kier alpha value is -2.21. The van der Waals surface area contributed by atoms with Crippen LogP contribution in [-0.4, -0.2) is 29.2 Å². The first-order valence-corrected chi connectivity index (χ1v) is 8.13. The summed E-state index contributed by atoms with van der Waals surface area (Å²) in [5.41, 5.74) is 0.920. The summed E-state index contributed by atoms with van der Waals surface area (Å²) >= 11 is 1.41. The number of allylic oxidation sites excluding steroid dienone is 2. The number of aromatic nitrogens is 1. The third kappa shape index (κ3) is 3.27. The molecule has 1 aliphatic carbocycles. The van der Waals surface area contributed by atoms with Gasteiger partial charge in [0.15, 0.2) is 5.78 Å². The summed E-state index contributed by atoms with van der Waals surface area (Å²) in [7, 11) is 1.62. The Bertz CT molecular complexity index is 833. The molecule has 0 bridgehead atoms. The molecule has 1 aliphatic rings. The monoisotopic (exact) mass is 330 g/mol. The summed E-state index contributed by atoms with van der Waals surface area (Å²) in [5.74, 6) is 0.796. The fourth-order valence-electron chi connectivity index (χ4n) is 2.64.